The lowest BCUT2D eigenvalue weighted by Crippen LogP contribution is -2.18. The molecule has 1 N–H and O–H groups in total. The van der Waals surface area contributed by atoms with Crippen molar-refractivity contribution in [1.29, 1.82) is 0 Å². The third kappa shape index (κ3) is 4.28. The lowest BCUT2D eigenvalue weighted by Gasteiger charge is -2.18. The number of carbonyl (C=O) groups is 1. The summed E-state index contributed by atoms with van der Waals surface area (Å²) in [5.41, 5.74) is 5.67. The standard InChI is InChI=1S/C22H23N3O/c1-16-7-12-20(21(14-16)25(2)3)22(26)24-18-10-8-17(9-11-18)15-19-6-4-5-13-23-19/h4-14H,15H2,1-3H3,(H,24,26). The van der Waals surface area contributed by atoms with Crippen molar-refractivity contribution >= 4 is 17.3 Å². The minimum absolute atomic E-state index is 0.105. The fourth-order valence-corrected chi connectivity index (χ4v) is 2.82. The van der Waals surface area contributed by atoms with E-state index in [9.17, 15) is 4.79 Å². The summed E-state index contributed by atoms with van der Waals surface area (Å²) in [6, 6.07) is 19.7. The van der Waals surface area contributed by atoms with Gasteiger partial charge in [-0.2, -0.15) is 0 Å². The number of aryl methyl sites for hydroxylation is 1. The zero-order valence-electron chi connectivity index (χ0n) is 15.4. The van der Waals surface area contributed by atoms with E-state index in [4.69, 9.17) is 0 Å². The summed E-state index contributed by atoms with van der Waals surface area (Å²) < 4.78 is 0. The topological polar surface area (TPSA) is 45.2 Å². The molecule has 0 bridgehead atoms. The predicted molar refractivity (Wildman–Crippen MR) is 107 cm³/mol. The third-order valence-electron chi connectivity index (χ3n) is 4.20. The number of hydrogen-bond donors (Lipinski definition) is 1. The summed E-state index contributed by atoms with van der Waals surface area (Å²) in [4.78, 5) is 19.0. The molecule has 26 heavy (non-hydrogen) atoms. The molecule has 0 aliphatic heterocycles. The first-order chi connectivity index (χ1) is 12.5. The van der Waals surface area contributed by atoms with E-state index in [0.717, 1.165) is 34.6 Å². The van der Waals surface area contributed by atoms with Gasteiger partial charge in [0.25, 0.3) is 5.91 Å². The Morgan fingerprint density at radius 3 is 2.46 bits per heavy atom. The van der Waals surface area contributed by atoms with E-state index in [1.54, 1.807) is 6.20 Å². The van der Waals surface area contributed by atoms with Gasteiger partial charge in [0.15, 0.2) is 0 Å². The number of hydrogen-bond acceptors (Lipinski definition) is 3. The lowest BCUT2D eigenvalue weighted by atomic mass is 10.1. The van der Waals surface area contributed by atoms with Gasteiger partial charge < -0.3 is 10.2 Å². The number of pyridine rings is 1. The van der Waals surface area contributed by atoms with E-state index in [2.05, 4.69) is 10.3 Å². The average Bonchev–Trinajstić information content (AvgIpc) is 2.64. The molecule has 4 heteroatoms. The maximum atomic E-state index is 12.7. The Hall–Kier alpha value is -3.14. The highest BCUT2D eigenvalue weighted by Gasteiger charge is 2.13. The Morgan fingerprint density at radius 1 is 1.04 bits per heavy atom. The molecule has 1 amide bonds. The molecule has 1 heterocycles. The predicted octanol–water partition coefficient (Wildman–Crippen LogP) is 4.30. The minimum atomic E-state index is -0.105. The van der Waals surface area contributed by atoms with Crippen LogP contribution in [-0.2, 0) is 6.42 Å². The molecule has 1 aromatic heterocycles. The number of nitrogens with zero attached hydrogens (tertiary/aromatic N) is 2. The molecule has 0 spiro atoms. The van der Waals surface area contributed by atoms with E-state index in [1.807, 2.05) is 86.6 Å². The van der Waals surface area contributed by atoms with Gasteiger partial charge in [-0.25, -0.2) is 0 Å². The highest BCUT2D eigenvalue weighted by Crippen LogP contribution is 2.22. The average molecular weight is 345 g/mol. The van der Waals surface area contributed by atoms with Gasteiger partial charge in [0.1, 0.15) is 0 Å². The number of benzene rings is 2. The third-order valence-corrected chi connectivity index (χ3v) is 4.20. The SMILES string of the molecule is Cc1ccc(C(=O)Nc2ccc(Cc3ccccn3)cc2)c(N(C)C)c1. The highest BCUT2D eigenvalue weighted by atomic mass is 16.1. The molecule has 0 aliphatic carbocycles. The summed E-state index contributed by atoms with van der Waals surface area (Å²) in [6.07, 6.45) is 2.58. The molecule has 3 rings (SSSR count). The lowest BCUT2D eigenvalue weighted by molar-refractivity contribution is 0.102. The van der Waals surface area contributed by atoms with E-state index in [1.165, 1.54) is 0 Å². The van der Waals surface area contributed by atoms with Crippen LogP contribution in [0.2, 0.25) is 0 Å². The second-order valence-corrected chi connectivity index (χ2v) is 6.56. The van der Waals surface area contributed by atoms with Crippen LogP contribution < -0.4 is 10.2 Å². The van der Waals surface area contributed by atoms with Crippen LogP contribution in [0.15, 0.2) is 66.9 Å². The monoisotopic (exact) mass is 345 g/mol. The maximum absolute atomic E-state index is 12.7. The Morgan fingerprint density at radius 2 is 1.81 bits per heavy atom. The molecular weight excluding hydrogens is 322 g/mol. The number of anilines is 2. The maximum Gasteiger partial charge on any atom is 0.257 e. The van der Waals surface area contributed by atoms with E-state index < -0.39 is 0 Å². The number of rotatable bonds is 5. The van der Waals surface area contributed by atoms with Gasteiger partial charge in [-0.1, -0.05) is 24.3 Å². The summed E-state index contributed by atoms with van der Waals surface area (Å²) in [7, 11) is 3.88. The van der Waals surface area contributed by atoms with Crippen molar-refractivity contribution in [2.24, 2.45) is 0 Å². The van der Waals surface area contributed by atoms with Crippen molar-refractivity contribution in [2.45, 2.75) is 13.3 Å². The van der Waals surface area contributed by atoms with Gasteiger partial charge in [-0.05, 0) is 54.4 Å². The molecule has 0 fully saturated rings. The van der Waals surface area contributed by atoms with Crippen molar-refractivity contribution in [3.8, 4) is 0 Å². The van der Waals surface area contributed by atoms with Crippen LogP contribution in [-0.4, -0.2) is 25.0 Å². The van der Waals surface area contributed by atoms with Crippen LogP contribution in [0.4, 0.5) is 11.4 Å². The molecule has 0 atom stereocenters. The normalized spacial score (nSPS) is 10.4. The van der Waals surface area contributed by atoms with Gasteiger partial charge in [0, 0.05) is 43.8 Å². The van der Waals surface area contributed by atoms with Gasteiger partial charge >= 0.3 is 0 Å². The summed E-state index contributed by atoms with van der Waals surface area (Å²) >= 11 is 0. The van der Waals surface area contributed by atoms with Crippen molar-refractivity contribution in [3.05, 3.63) is 89.2 Å². The molecule has 4 nitrogen and oxygen atoms in total. The molecule has 132 valence electrons. The van der Waals surface area contributed by atoms with E-state index in [0.29, 0.717) is 5.56 Å². The fourth-order valence-electron chi connectivity index (χ4n) is 2.82. The van der Waals surface area contributed by atoms with Crippen molar-refractivity contribution in [1.82, 2.24) is 4.98 Å². The quantitative estimate of drug-likeness (QED) is 0.750. The molecule has 0 saturated carbocycles. The van der Waals surface area contributed by atoms with Crippen LogP contribution in [0.1, 0.15) is 27.2 Å². The minimum Gasteiger partial charge on any atom is -0.377 e. The molecular formula is C22H23N3O. The fraction of sp³-hybridized carbons (Fsp3) is 0.182. The van der Waals surface area contributed by atoms with Crippen LogP contribution in [0.3, 0.4) is 0 Å². The molecule has 0 radical (unpaired) electrons. The van der Waals surface area contributed by atoms with Crippen molar-refractivity contribution in [3.63, 3.8) is 0 Å². The van der Waals surface area contributed by atoms with Crippen LogP contribution >= 0.6 is 0 Å². The molecule has 0 aliphatic rings. The number of amides is 1. The van der Waals surface area contributed by atoms with Gasteiger partial charge in [0.2, 0.25) is 0 Å². The van der Waals surface area contributed by atoms with Crippen LogP contribution in [0.5, 0.6) is 0 Å². The van der Waals surface area contributed by atoms with Crippen LogP contribution in [0, 0.1) is 6.92 Å². The first kappa shape index (κ1) is 17.7. The molecule has 0 unspecified atom stereocenters. The molecule has 2 aromatic carbocycles. The van der Waals surface area contributed by atoms with Gasteiger partial charge in [0.05, 0.1) is 5.56 Å². The number of nitrogens with one attached hydrogen (secondary N) is 1. The molecule has 0 saturated heterocycles. The highest BCUT2D eigenvalue weighted by molar-refractivity contribution is 6.08. The molecule has 3 aromatic rings. The number of aromatic nitrogens is 1. The number of carbonyl (C=O) groups excluding carboxylic acids is 1. The Kier molecular flexibility index (Phi) is 5.32. The van der Waals surface area contributed by atoms with E-state index in [-0.39, 0.29) is 5.91 Å². The first-order valence-corrected chi connectivity index (χ1v) is 8.61. The summed E-state index contributed by atoms with van der Waals surface area (Å²) in [5, 5.41) is 2.98. The smallest absolute Gasteiger partial charge is 0.257 e. The Balaban J connectivity index is 1.72. The van der Waals surface area contributed by atoms with Crippen molar-refractivity contribution < 1.29 is 4.79 Å². The van der Waals surface area contributed by atoms with E-state index >= 15 is 0 Å². The van der Waals surface area contributed by atoms with Gasteiger partial charge in [-0.3, -0.25) is 9.78 Å². The van der Waals surface area contributed by atoms with Gasteiger partial charge in [-0.15, -0.1) is 0 Å². The Labute approximate surface area is 154 Å². The summed E-state index contributed by atoms with van der Waals surface area (Å²) in [5.74, 6) is -0.105. The second-order valence-electron chi connectivity index (χ2n) is 6.56. The second kappa shape index (κ2) is 7.83. The van der Waals surface area contributed by atoms with Crippen LogP contribution in [0.25, 0.3) is 0 Å². The largest absolute Gasteiger partial charge is 0.377 e. The Bertz CT molecular complexity index is 887. The zero-order chi connectivity index (χ0) is 18.5. The zero-order valence-corrected chi connectivity index (χ0v) is 15.4. The first-order valence-electron chi connectivity index (χ1n) is 8.61. The van der Waals surface area contributed by atoms with Crippen molar-refractivity contribution in [2.75, 3.05) is 24.3 Å². The summed E-state index contributed by atoms with van der Waals surface area (Å²) in [6.45, 7) is 2.02.